The van der Waals surface area contributed by atoms with Crippen LogP contribution in [0.1, 0.15) is 22.8 Å². The Balaban J connectivity index is 1.64. The minimum atomic E-state index is -0.0213. The predicted octanol–water partition coefficient (Wildman–Crippen LogP) is 3.81. The lowest BCUT2D eigenvalue weighted by Crippen LogP contribution is -2.30. The monoisotopic (exact) mass is 308 g/mol. The Labute approximate surface area is 134 Å². The van der Waals surface area contributed by atoms with Crippen molar-refractivity contribution in [3.05, 3.63) is 65.7 Å². The molecule has 0 fully saturated rings. The van der Waals surface area contributed by atoms with E-state index in [0.717, 1.165) is 18.1 Å². The van der Waals surface area contributed by atoms with Crippen molar-refractivity contribution < 1.29 is 4.79 Å². The topological polar surface area (TPSA) is 32.7 Å². The van der Waals surface area contributed by atoms with Crippen molar-refractivity contribution in [2.75, 3.05) is 11.4 Å². The third-order valence-corrected chi connectivity index (χ3v) is 5.36. The van der Waals surface area contributed by atoms with Gasteiger partial charge < -0.3 is 4.90 Å². The minimum absolute atomic E-state index is 0.0213. The summed E-state index contributed by atoms with van der Waals surface area (Å²) in [6, 6.07) is 18.6. The molecule has 2 aliphatic rings. The number of amides is 1. The largest absolute Gasteiger partial charge is 0.320 e. The summed E-state index contributed by atoms with van der Waals surface area (Å²) in [6.45, 7) is 0.903. The van der Waals surface area contributed by atoms with Crippen LogP contribution >= 0.6 is 11.8 Å². The second-order valence-corrected chi connectivity index (χ2v) is 6.71. The van der Waals surface area contributed by atoms with Crippen molar-refractivity contribution in [3.63, 3.8) is 0 Å². The Hall–Kier alpha value is -2.07. The van der Waals surface area contributed by atoms with E-state index in [1.165, 1.54) is 16.8 Å². The van der Waals surface area contributed by atoms with Gasteiger partial charge in [-0.15, -0.1) is 0 Å². The number of benzene rings is 2. The number of aliphatic imine (C=N–C) groups is 1. The van der Waals surface area contributed by atoms with Crippen molar-refractivity contribution in [1.29, 1.82) is 0 Å². The number of anilines is 1. The SMILES string of the molecule is O=C1CC(c2ccccc2)SC(N2CCc3ccccc32)=N1. The Morgan fingerprint density at radius 1 is 1.05 bits per heavy atom. The fourth-order valence-electron chi connectivity index (χ4n) is 3.02. The zero-order valence-corrected chi connectivity index (χ0v) is 12.9. The maximum Gasteiger partial charge on any atom is 0.249 e. The maximum atomic E-state index is 12.1. The Bertz CT molecular complexity index is 742. The summed E-state index contributed by atoms with van der Waals surface area (Å²) >= 11 is 1.70. The van der Waals surface area contributed by atoms with Crippen LogP contribution in [0.25, 0.3) is 0 Å². The third kappa shape index (κ3) is 2.44. The smallest absolute Gasteiger partial charge is 0.249 e. The van der Waals surface area contributed by atoms with Crippen LogP contribution in [0.4, 0.5) is 5.69 Å². The lowest BCUT2D eigenvalue weighted by atomic mass is 10.1. The van der Waals surface area contributed by atoms with E-state index < -0.39 is 0 Å². The van der Waals surface area contributed by atoms with Crippen LogP contribution < -0.4 is 4.90 Å². The van der Waals surface area contributed by atoms with E-state index in [9.17, 15) is 4.79 Å². The van der Waals surface area contributed by atoms with Crippen LogP contribution in [0.2, 0.25) is 0 Å². The van der Waals surface area contributed by atoms with Crippen molar-refractivity contribution in [2.24, 2.45) is 4.99 Å². The molecular weight excluding hydrogens is 292 g/mol. The molecule has 3 nitrogen and oxygen atoms in total. The van der Waals surface area contributed by atoms with Crippen LogP contribution in [0.5, 0.6) is 0 Å². The van der Waals surface area contributed by atoms with E-state index in [2.05, 4.69) is 40.2 Å². The van der Waals surface area contributed by atoms with Gasteiger partial charge in [-0.3, -0.25) is 4.79 Å². The number of carbonyl (C=O) groups is 1. The number of carbonyl (C=O) groups excluding carboxylic acids is 1. The molecule has 2 aliphatic heterocycles. The van der Waals surface area contributed by atoms with E-state index >= 15 is 0 Å². The fourth-order valence-corrected chi connectivity index (χ4v) is 4.27. The number of fused-ring (bicyclic) bond motifs is 1. The summed E-state index contributed by atoms with van der Waals surface area (Å²) in [5.41, 5.74) is 3.72. The van der Waals surface area contributed by atoms with Crippen LogP contribution in [0.3, 0.4) is 0 Å². The molecule has 1 amide bonds. The molecule has 0 bridgehead atoms. The van der Waals surface area contributed by atoms with Crippen molar-refractivity contribution in [2.45, 2.75) is 18.1 Å². The molecule has 0 radical (unpaired) electrons. The molecule has 0 saturated heterocycles. The molecule has 0 spiro atoms. The minimum Gasteiger partial charge on any atom is -0.320 e. The molecule has 0 saturated carbocycles. The van der Waals surface area contributed by atoms with Crippen LogP contribution in [0.15, 0.2) is 59.6 Å². The molecule has 2 aromatic carbocycles. The first-order valence-electron chi connectivity index (χ1n) is 7.50. The van der Waals surface area contributed by atoms with Crippen LogP contribution in [0, 0.1) is 0 Å². The Morgan fingerprint density at radius 2 is 1.82 bits per heavy atom. The van der Waals surface area contributed by atoms with Gasteiger partial charge in [-0.05, 0) is 23.6 Å². The molecule has 22 heavy (non-hydrogen) atoms. The average molecular weight is 308 g/mol. The highest BCUT2D eigenvalue weighted by atomic mass is 32.2. The number of nitrogens with zero attached hydrogens (tertiary/aromatic N) is 2. The van der Waals surface area contributed by atoms with E-state index in [1.54, 1.807) is 11.8 Å². The number of hydrogen-bond donors (Lipinski definition) is 0. The molecule has 0 aromatic heterocycles. The van der Waals surface area contributed by atoms with Gasteiger partial charge in [0.25, 0.3) is 0 Å². The summed E-state index contributed by atoms with van der Waals surface area (Å²) < 4.78 is 0. The summed E-state index contributed by atoms with van der Waals surface area (Å²) in [4.78, 5) is 18.6. The molecule has 1 atom stereocenters. The standard InChI is InChI=1S/C18H16N2OS/c21-17-12-16(14-7-2-1-3-8-14)22-18(19-17)20-11-10-13-6-4-5-9-15(13)20/h1-9,16H,10-12H2. The number of rotatable bonds is 1. The van der Waals surface area contributed by atoms with Crippen molar-refractivity contribution in [1.82, 2.24) is 0 Å². The molecule has 4 rings (SSSR count). The first kappa shape index (κ1) is 13.6. The number of thioether (sulfide) groups is 1. The second kappa shape index (κ2) is 5.61. The zero-order valence-electron chi connectivity index (χ0n) is 12.1. The third-order valence-electron chi connectivity index (χ3n) is 4.12. The van der Waals surface area contributed by atoms with Gasteiger partial charge in [0.2, 0.25) is 5.91 Å². The quantitative estimate of drug-likeness (QED) is 0.803. The molecular formula is C18H16N2OS. The lowest BCUT2D eigenvalue weighted by Gasteiger charge is -2.27. The molecule has 110 valence electrons. The molecule has 1 unspecified atom stereocenters. The zero-order chi connectivity index (χ0) is 14.9. The maximum absolute atomic E-state index is 12.1. The van der Waals surface area contributed by atoms with Crippen molar-refractivity contribution >= 4 is 28.5 Å². The summed E-state index contributed by atoms with van der Waals surface area (Å²) in [5, 5.41) is 1.00. The summed E-state index contributed by atoms with van der Waals surface area (Å²) in [6.07, 6.45) is 1.49. The summed E-state index contributed by atoms with van der Waals surface area (Å²) in [5.74, 6) is -0.0213. The van der Waals surface area contributed by atoms with Gasteiger partial charge in [0, 0.05) is 23.9 Å². The molecule has 0 aliphatic carbocycles. The molecule has 4 heteroatoms. The predicted molar refractivity (Wildman–Crippen MR) is 91.3 cm³/mol. The number of amidine groups is 1. The molecule has 2 aromatic rings. The molecule has 0 N–H and O–H groups in total. The van der Waals surface area contributed by atoms with Gasteiger partial charge in [-0.2, -0.15) is 4.99 Å². The van der Waals surface area contributed by atoms with Crippen LogP contribution in [-0.2, 0) is 11.2 Å². The normalized spacial score (nSPS) is 20.7. The van der Waals surface area contributed by atoms with E-state index in [4.69, 9.17) is 0 Å². The van der Waals surface area contributed by atoms with Gasteiger partial charge in [0.1, 0.15) is 0 Å². The number of hydrogen-bond acceptors (Lipinski definition) is 3. The first-order chi connectivity index (χ1) is 10.8. The highest BCUT2D eigenvalue weighted by Gasteiger charge is 2.30. The van der Waals surface area contributed by atoms with E-state index in [1.807, 2.05) is 24.3 Å². The van der Waals surface area contributed by atoms with Gasteiger partial charge in [-0.1, -0.05) is 60.3 Å². The Morgan fingerprint density at radius 3 is 2.68 bits per heavy atom. The van der Waals surface area contributed by atoms with Gasteiger partial charge >= 0.3 is 0 Å². The highest BCUT2D eigenvalue weighted by molar-refractivity contribution is 8.14. The van der Waals surface area contributed by atoms with Crippen molar-refractivity contribution in [3.8, 4) is 0 Å². The first-order valence-corrected chi connectivity index (χ1v) is 8.38. The van der Waals surface area contributed by atoms with E-state index in [-0.39, 0.29) is 11.2 Å². The fraction of sp³-hybridized carbons (Fsp3) is 0.222. The second-order valence-electron chi connectivity index (χ2n) is 5.54. The van der Waals surface area contributed by atoms with E-state index in [0.29, 0.717) is 6.42 Å². The van der Waals surface area contributed by atoms with Gasteiger partial charge in [0.05, 0.1) is 0 Å². The Kier molecular flexibility index (Phi) is 3.47. The lowest BCUT2D eigenvalue weighted by molar-refractivity contribution is -0.117. The van der Waals surface area contributed by atoms with Crippen LogP contribution in [-0.4, -0.2) is 17.6 Å². The average Bonchev–Trinajstić information content (AvgIpc) is 2.99. The molecule has 2 heterocycles. The van der Waals surface area contributed by atoms with Gasteiger partial charge in [0.15, 0.2) is 5.17 Å². The highest BCUT2D eigenvalue weighted by Crippen LogP contribution is 2.40. The number of para-hydroxylation sites is 1. The summed E-state index contributed by atoms with van der Waals surface area (Å²) in [7, 11) is 0. The van der Waals surface area contributed by atoms with Gasteiger partial charge in [-0.25, -0.2) is 0 Å².